The van der Waals surface area contributed by atoms with Crippen LogP contribution in [0.5, 0.6) is 5.75 Å². The third-order valence-corrected chi connectivity index (χ3v) is 3.12. The zero-order chi connectivity index (χ0) is 12.4. The van der Waals surface area contributed by atoms with Gasteiger partial charge >= 0.3 is 0 Å². The highest BCUT2D eigenvalue weighted by Gasteiger charge is 2.06. The lowest BCUT2D eigenvalue weighted by molar-refractivity contribution is 0.419. The van der Waals surface area contributed by atoms with E-state index in [1.165, 1.54) is 10.9 Å². The van der Waals surface area contributed by atoms with E-state index in [9.17, 15) is 0 Å². The fraction of sp³-hybridized carbons (Fsp3) is 0.333. The van der Waals surface area contributed by atoms with Gasteiger partial charge in [-0.3, -0.25) is 0 Å². The molecule has 2 nitrogen and oxygen atoms in total. The molecule has 0 unspecified atom stereocenters. The third-order valence-electron chi connectivity index (χ3n) is 3.12. The van der Waals surface area contributed by atoms with Gasteiger partial charge in [-0.1, -0.05) is 26.0 Å². The van der Waals surface area contributed by atoms with Gasteiger partial charge in [-0.25, -0.2) is 0 Å². The Labute approximate surface area is 102 Å². The highest BCUT2D eigenvalue weighted by molar-refractivity contribution is 5.89. The number of benzene rings is 2. The Morgan fingerprint density at radius 2 is 1.94 bits per heavy atom. The van der Waals surface area contributed by atoms with Crippen molar-refractivity contribution in [2.24, 2.45) is 5.73 Å². The number of nitrogens with two attached hydrogens (primary N) is 1. The highest BCUT2D eigenvalue weighted by Crippen LogP contribution is 2.30. The average molecular weight is 229 g/mol. The maximum absolute atomic E-state index is 5.69. The summed E-state index contributed by atoms with van der Waals surface area (Å²) in [6.07, 6.45) is 0. The van der Waals surface area contributed by atoms with Crippen LogP contribution in [0.3, 0.4) is 0 Å². The predicted octanol–water partition coefficient (Wildman–Crippen LogP) is 3.43. The van der Waals surface area contributed by atoms with Crippen LogP contribution in [0, 0.1) is 0 Å². The SMILES string of the molecule is COc1cc(CN)cc2ccc(C(C)C)cc12. The summed E-state index contributed by atoms with van der Waals surface area (Å²) in [6, 6.07) is 10.7. The first kappa shape index (κ1) is 11.9. The summed E-state index contributed by atoms with van der Waals surface area (Å²) in [6.45, 7) is 4.93. The number of hydrogen-bond acceptors (Lipinski definition) is 2. The van der Waals surface area contributed by atoms with E-state index in [0.29, 0.717) is 12.5 Å². The Kier molecular flexibility index (Phi) is 3.34. The lowest BCUT2D eigenvalue weighted by Crippen LogP contribution is -1.98. The molecule has 0 radical (unpaired) electrons. The maximum atomic E-state index is 5.69. The van der Waals surface area contributed by atoms with Crippen LogP contribution < -0.4 is 10.5 Å². The van der Waals surface area contributed by atoms with Crippen molar-refractivity contribution in [2.45, 2.75) is 26.3 Å². The van der Waals surface area contributed by atoms with E-state index in [1.807, 2.05) is 6.07 Å². The van der Waals surface area contributed by atoms with Crippen LogP contribution >= 0.6 is 0 Å². The van der Waals surface area contributed by atoms with Crippen molar-refractivity contribution in [3.63, 3.8) is 0 Å². The summed E-state index contributed by atoms with van der Waals surface area (Å²) in [5.41, 5.74) is 8.12. The largest absolute Gasteiger partial charge is 0.496 e. The molecule has 0 aliphatic heterocycles. The zero-order valence-corrected chi connectivity index (χ0v) is 10.7. The minimum atomic E-state index is 0.526. The van der Waals surface area contributed by atoms with Crippen molar-refractivity contribution >= 4 is 10.8 Å². The first-order valence-corrected chi connectivity index (χ1v) is 5.96. The summed E-state index contributed by atoms with van der Waals surface area (Å²) in [5, 5.41) is 2.35. The summed E-state index contributed by atoms with van der Waals surface area (Å²) >= 11 is 0. The van der Waals surface area contributed by atoms with E-state index < -0.39 is 0 Å². The molecule has 0 atom stereocenters. The summed E-state index contributed by atoms with van der Waals surface area (Å²) < 4.78 is 5.45. The Bertz CT molecular complexity index is 532. The van der Waals surface area contributed by atoms with Crippen LogP contribution in [-0.4, -0.2) is 7.11 Å². The smallest absolute Gasteiger partial charge is 0.127 e. The van der Waals surface area contributed by atoms with Gasteiger partial charge in [-0.15, -0.1) is 0 Å². The fourth-order valence-corrected chi connectivity index (χ4v) is 2.05. The maximum Gasteiger partial charge on any atom is 0.127 e. The Balaban J connectivity index is 2.67. The van der Waals surface area contributed by atoms with Crippen LogP contribution in [0.1, 0.15) is 30.9 Å². The molecule has 0 amide bonds. The second-order valence-corrected chi connectivity index (χ2v) is 4.64. The van der Waals surface area contributed by atoms with Crippen LogP contribution in [0.4, 0.5) is 0 Å². The van der Waals surface area contributed by atoms with E-state index in [0.717, 1.165) is 16.7 Å². The number of fused-ring (bicyclic) bond motifs is 1. The van der Waals surface area contributed by atoms with Crippen molar-refractivity contribution in [1.82, 2.24) is 0 Å². The molecule has 0 spiro atoms. The van der Waals surface area contributed by atoms with Gasteiger partial charge in [0.25, 0.3) is 0 Å². The predicted molar refractivity (Wildman–Crippen MR) is 72.5 cm³/mol. The molecular formula is C15H19NO. The summed E-state index contributed by atoms with van der Waals surface area (Å²) in [4.78, 5) is 0. The molecule has 90 valence electrons. The number of methoxy groups -OCH3 is 1. The molecule has 0 aromatic heterocycles. The zero-order valence-electron chi connectivity index (χ0n) is 10.7. The van der Waals surface area contributed by atoms with Crippen LogP contribution in [0.25, 0.3) is 10.8 Å². The number of ether oxygens (including phenoxy) is 1. The molecule has 0 bridgehead atoms. The van der Waals surface area contributed by atoms with Gasteiger partial charge in [0.05, 0.1) is 7.11 Å². The van der Waals surface area contributed by atoms with Gasteiger partial charge in [0, 0.05) is 11.9 Å². The summed E-state index contributed by atoms with van der Waals surface area (Å²) in [7, 11) is 1.71. The second-order valence-electron chi connectivity index (χ2n) is 4.64. The normalized spacial score (nSPS) is 11.1. The molecule has 0 saturated heterocycles. The molecule has 2 heteroatoms. The van der Waals surface area contributed by atoms with E-state index in [1.54, 1.807) is 7.11 Å². The average Bonchev–Trinajstić information content (AvgIpc) is 2.36. The Morgan fingerprint density at radius 1 is 1.18 bits per heavy atom. The van der Waals surface area contributed by atoms with Crippen molar-refractivity contribution in [1.29, 1.82) is 0 Å². The second kappa shape index (κ2) is 4.76. The highest BCUT2D eigenvalue weighted by atomic mass is 16.5. The first-order valence-electron chi connectivity index (χ1n) is 5.96. The lowest BCUT2D eigenvalue weighted by atomic mass is 9.97. The van der Waals surface area contributed by atoms with Gasteiger partial charge in [0.15, 0.2) is 0 Å². The van der Waals surface area contributed by atoms with Gasteiger partial charge in [0.2, 0.25) is 0 Å². The van der Waals surface area contributed by atoms with Crippen molar-refractivity contribution in [3.05, 3.63) is 41.5 Å². The molecule has 2 aromatic rings. The topological polar surface area (TPSA) is 35.2 Å². The standard InChI is InChI=1S/C15H19NO/c1-10(2)12-4-5-13-6-11(9-16)7-15(17-3)14(13)8-12/h4-8,10H,9,16H2,1-3H3. The number of rotatable bonds is 3. The van der Waals surface area contributed by atoms with Crippen molar-refractivity contribution < 1.29 is 4.74 Å². The molecule has 17 heavy (non-hydrogen) atoms. The van der Waals surface area contributed by atoms with Crippen molar-refractivity contribution in [3.8, 4) is 5.75 Å². The van der Waals surface area contributed by atoms with Crippen LogP contribution in [0.15, 0.2) is 30.3 Å². The Morgan fingerprint density at radius 3 is 2.53 bits per heavy atom. The Hall–Kier alpha value is -1.54. The van der Waals surface area contributed by atoms with Gasteiger partial charge < -0.3 is 10.5 Å². The monoisotopic (exact) mass is 229 g/mol. The molecule has 0 aliphatic carbocycles. The molecule has 2 N–H and O–H groups in total. The fourth-order valence-electron chi connectivity index (χ4n) is 2.05. The molecular weight excluding hydrogens is 210 g/mol. The molecule has 2 aromatic carbocycles. The molecule has 0 fully saturated rings. The quantitative estimate of drug-likeness (QED) is 0.875. The minimum Gasteiger partial charge on any atom is -0.496 e. The van der Waals surface area contributed by atoms with E-state index in [2.05, 4.69) is 38.1 Å². The molecule has 0 aliphatic rings. The summed E-state index contributed by atoms with van der Waals surface area (Å²) in [5.74, 6) is 1.43. The van der Waals surface area contributed by atoms with Crippen LogP contribution in [0.2, 0.25) is 0 Å². The van der Waals surface area contributed by atoms with E-state index >= 15 is 0 Å². The van der Waals surface area contributed by atoms with Crippen molar-refractivity contribution in [2.75, 3.05) is 7.11 Å². The lowest BCUT2D eigenvalue weighted by Gasteiger charge is -2.11. The molecule has 2 rings (SSSR count). The van der Waals surface area contributed by atoms with Gasteiger partial charge in [0.1, 0.15) is 5.75 Å². The molecule has 0 saturated carbocycles. The van der Waals surface area contributed by atoms with E-state index in [-0.39, 0.29) is 0 Å². The first-order chi connectivity index (χ1) is 8.15. The van der Waals surface area contributed by atoms with E-state index in [4.69, 9.17) is 10.5 Å². The molecule has 0 heterocycles. The third kappa shape index (κ3) is 2.27. The van der Waals surface area contributed by atoms with Gasteiger partial charge in [-0.05, 0) is 40.6 Å². The van der Waals surface area contributed by atoms with Crippen LogP contribution in [-0.2, 0) is 6.54 Å². The minimum absolute atomic E-state index is 0.526. The van der Waals surface area contributed by atoms with Gasteiger partial charge in [-0.2, -0.15) is 0 Å². The number of hydrogen-bond donors (Lipinski definition) is 1.